The molecule has 5 nitrogen and oxygen atoms in total. The minimum Gasteiger partial charge on any atom is -0.337 e. The summed E-state index contributed by atoms with van der Waals surface area (Å²) >= 11 is 3.39. The quantitative estimate of drug-likeness (QED) is 0.667. The first-order valence-electron chi connectivity index (χ1n) is 6.84. The number of fused-ring (bicyclic) bond motifs is 1. The molecular formula is C15H15BrN4O. The van der Waals surface area contributed by atoms with Crippen LogP contribution in [0, 0.1) is 0 Å². The van der Waals surface area contributed by atoms with Gasteiger partial charge >= 0.3 is 0 Å². The summed E-state index contributed by atoms with van der Waals surface area (Å²) in [5, 5.41) is 0.654. The molecule has 0 bridgehead atoms. The fourth-order valence-electron chi connectivity index (χ4n) is 2.29. The van der Waals surface area contributed by atoms with Gasteiger partial charge in [0.05, 0.1) is 23.6 Å². The maximum atomic E-state index is 12.4. The van der Waals surface area contributed by atoms with E-state index in [0.717, 1.165) is 29.4 Å². The van der Waals surface area contributed by atoms with Gasteiger partial charge in [0.1, 0.15) is 0 Å². The molecule has 0 fully saturated rings. The van der Waals surface area contributed by atoms with Crippen LogP contribution in [0.1, 0.15) is 12.8 Å². The van der Waals surface area contributed by atoms with Gasteiger partial charge in [-0.15, -0.1) is 0 Å². The van der Waals surface area contributed by atoms with Crippen LogP contribution in [0.2, 0.25) is 0 Å². The van der Waals surface area contributed by atoms with E-state index in [0.29, 0.717) is 11.9 Å². The van der Waals surface area contributed by atoms with Crippen molar-refractivity contribution >= 4 is 26.8 Å². The van der Waals surface area contributed by atoms with Crippen LogP contribution in [-0.2, 0) is 13.1 Å². The van der Waals surface area contributed by atoms with Crippen molar-refractivity contribution in [3.05, 3.63) is 58.1 Å². The number of nitrogens with zero attached hydrogens (tertiary/aromatic N) is 4. The Morgan fingerprint density at radius 1 is 1.14 bits per heavy atom. The lowest BCUT2D eigenvalue weighted by Crippen LogP contribution is -2.20. The maximum absolute atomic E-state index is 12.4. The summed E-state index contributed by atoms with van der Waals surface area (Å²) in [6.45, 7) is 1.60. The lowest BCUT2D eigenvalue weighted by molar-refractivity contribution is 0.542. The molecule has 3 rings (SSSR count). The van der Waals surface area contributed by atoms with Crippen LogP contribution < -0.4 is 5.56 Å². The Morgan fingerprint density at radius 3 is 2.81 bits per heavy atom. The van der Waals surface area contributed by atoms with E-state index < -0.39 is 0 Å². The molecule has 21 heavy (non-hydrogen) atoms. The van der Waals surface area contributed by atoms with E-state index in [9.17, 15) is 4.79 Å². The third-order valence-electron chi connectivity index (χ3n) is 3.41. The Labute approximate surface area is 130 Å². The van der Waals surface area contributed by atoms with Gasteiger partial charge in [0.25, 0.3) is 5.56 Å². The molecule has 108 valence electrons. The Hall–Kier alpha value is -1.95. The predicted molar refractivity (Wildman–Crippen MR) is 85.2 cm³/mol. The molecule has 2 heterocycles. The average molecular weight is 347 g/mol. The highest BCUT2D eigenvalue weighted by Crippen LogP contribution is 2.14. The number of hydrogen-bond acceptors (Lipinski definition) is 3. The number of benzene rings is 1. The van der Waals surface area contributed by atoms with Gasteiger partial charge in [-0.2, -0.15) is 0 Å². The molecule has 0 spiro atoms. The second-order valence-electron chi connectivity index (χ2n) is 4.91. The number of unbranched alkanes of at least 4 members (excludes halogenated alkanes) is 1. The summed E-state index contributed by atoms with van der Waals surface area (Å²) in [6, 6.07) is 5.57. The van der Waals surface area contributed by atoms with Crippen molar-refractivity contribution in [2.75, 3.05) is 0 Å². The molecule has 0 unspecified atom stereocenters. The van der Waals surface area contributed by atoms with Crippen molar-refractivity contribution in [3.63, 3.8) is 0 Å². The molecule has 3 aromatic rings. The number of rotatable bonds is 5. The van der Waals surface area contributed by atoms with Crippen LogP contribution in [0.5, 0.6) is 0 Å². The molecule has 0 aliphatic heterocycles. The third-order valence-corrected chi connectivity index (χ3v) is 3.90. The predicted octanol–water partition coefficient (Wildman–Crippen LogP) is 2.84. The van der Waals surface area contributed by atoms with Crippen molar-refractivity contribution in [2.45, 2.75) is 25.9 Å². The summed E-state index contributed by atoms with van der Waals surface area (Å²) in [4.78, 5) is 20.7. The van der Waals surface area contributed by atoms with Gasteiger partial charge in [0.15, 0.2) is 0 Å². The largest absolute Gasteiger partial charge is 0.337 e. The fraction of sp³-hybridized carbons (Fsp3) is 0.267. The summed E-state index contributed by atoms with van der Waals surface area (Å²) in [5.41, 5.74) is 0.752. The molecule has 0 atom stereocenters. The van der Waals surface area contributed by atoms with Crippen LogP contribution in [0.4, 0.5) is 0 Å². The van der Waals surface area contributed by atoms with E-state index >= 15 is 0 Å². The zero-order chi connectivity index (χ0) is 14.7. The smallest absolute Gasteiger partial charge is 0.261 e. The molecule has 0 saturated heterocycles. The topological polar surface area (TPSA) is 52.7 Å². The Kier molecular flexibility index (Phi) is 4.15. The van der Waals surface area contributed by atoms with Crippen LogP contribution in [0.15, 0.2) is 52.5 Å². The van der Waals surface area contributed by atoms with Gasteiger partial charge in [0, 0.05) is 30.0 Å². The monoisotopic (exact) mass is 346 g/mol. The van der Waals surface area contributed by atoms with E-state index in [2.05, 4.69) is 25.9 Å². The lowest BCUT2D eigenvalue weighted by atomic mass is 10.2. The van der Waals surface area contributed by atoms with Crippen molar-refractivity contribution in [1.82, 2.24) is 19.1 Å². The molecule has 2 aromatic heterocycles. The minimum atomic E-state index is 0.0175. The van der Waals surface area contributed by atoms with E-state index in [4.69, 9.17) is 0 Å². The Balaban J connectivity index is 1.69. The molecule has 1 aromatic carbocycles. The third kappa shape index (κ3) is 3.21. The fourth-order valence-corrected chi connectivity index (χ4v) is 2.65. The Morgan fingerprint density at radius 2 is 2.00 bits per heavy atom. The van der Waals surface area contributed by atoms with Gasteiger partial charge < -0.3 is 4.57 Å². The summed E-state index contributed by atoms with van der Waals surface area (Å²) in [5.74, 6) is 0. The van der Waals surface area contributed by atoms with E-state index in [1.165, 1.54) is 0 Å². The van der Waals surface area contributed by atoms with E-state index in [1.807, 2.05) is 29.0 Å². The first-order chi connectivity index (χ1) is 10.2. The highest BCUT2D eigenvalue weighted by Gasteiger charge is 2.04. The van der Waals surface area contributed by atoms with Gasteiger partial charge in [-0.25, -0.2) is 9.97 Å². The lowest BCUT2D eigenvalue weighted by Gasteiger charge is -2.07. The summed E-state index contributed by atoms with van der Waals surface area (Å²) in [7, 11) is 0. The standard InChI is InChI=1S/C15H15BrN4O/c16-12-3-4-14-13(9-12)15(21)20(11-18-14)7-2-1-6-19-8-5-17-10-19/h3-5,8-11H,1-2,6-7H2. The van der Waals surface area contributed by atoms with Gasteiger partial charge in [-0.1, -0.05) is 15.9 Å². The molecule has 0 amide bonds. The number of aromatic nitrogens is 4. The number of hydrogen-bond donors (Lipinski definition) is 0. The van der Waals surface area contributed by atoms with Crippen molar-refractivity contribution in [1.29, 1.82) is 0 Å². The van der Waals surface area contributed by atoms with Crippen LogP contribution in [0.3, 0.4) is 0 Å². The molecule has 0 aliphatic carbocycles. The van der Waals surface area contributed by atoms with Crippen LogP contribution >= 0.6 is 15.9 Å². The van der Waals surface area contributed by atoms with Gasteiger partial charge in [-0.05, 0) is 31.0 Å². The zero-order valence-corrected chi connectivity index (χ0v) is 13.0. The molecule has 0 saturated carbocycles. The molecule has 0 N–H and O–H groups in total. The van der Waals surface area contributed by atoms with Crippen molar-refractivity contribution in [3.8, 4) is 0 Å². The van der Waals surface area contributed by atoms with Crippen molar-refractivity contribution in [2.24, 2.45) is 0 Å². The highest BCUT2D eigenvalue weighted by molar-refractivity contribution is 9.10. The van der Waals surface area contributed by atoms with Crippen LogP contribution in [0.25, 0.3) is 10.9 Å². The summed E-state index contributed by atoms with van der Waals surface area (Å²) in [6.07, 6.45) is 9.09. The molecule has 6 heteroatoms. The first kappa shape index (κ1) is 14.0. The average Bonchev–Trinajstić information content (AvgIpc) is 2.99. The highest BCUT2D eigenvalue weighted by atomic mass is 79.9. The van der Waals surface area contributed by atoms with E-state index in [1.54, 1.807) is 23.4 Å². The minimum absolute atomic E-state index is 0.0175. The number of aryl methyl sites for hydroxylation is 2. The van der Waals surface area contributed by atoms with Gasteiger partial charge in [-0.3, -0.25) is 9.36 Å². The Bertz CT molecular complexity index is 795. The SMILES string of the molecule is O=c1c2cc(Br)ccc2ncn1CCCCn1ccnc1. The van der Waals surface area contributed by atoms with Crippen molar-refractivity contribution < 1.29 is 0 Å². The van der Waals surface area contributed by atoms with Gasteiger partial charge in [0.2, 0.25) is 0 Å². The zero-order valence-electron chi connectivity index (χ0n) is 11.4. The number of halogens is 1. The molecule has 0 radical (unpaired) electrons. The molecular weight excluding hydrogens is 332 g/mol. The normalized spacial score (nSPS) is 11.1. The second kappa shape index (κ2) is 6.22. The first-order valence-corrected chi connectivity index (χ1v) is 7.64. The maximum Gasteiger partial charge on any atom is 0.261 e. The second-order valence-corrected chi connectivity index (χ2v) is 5.83. The number of imidazole rings is 1. The van der Waals surface area contributed by atoms with E-state index in [-0.39, 0.29) is 5.56 Å². The molecule has 0 aliphatic rings. The summed E-state index contributed by atoms with van der Waals surface area (Å²) < 4.78 is 4.62. The van der Waals surface area contributed by atoms with Crippen LogP contribution in [-0.4, -0.2) is 19.1 Å².